The molecule has 1 spiro atoms. The lowest BCUT2D eigenvalue weighted by atomic mass is 9.65. The van der Waals surface area contributed by atoms with Crippen LogP contribution < -0.4 is 10.1 Å². The van der Waals surface area contributed by atoms with Gasteiger partial charge in [-0.2, -0.15) is 13.2 Å². The molecule has 1 aliphatic heterocycles. The van der Waals surface area contributed by atoms with Crippen molar-refractivity contribution >= 4 is 23.2 Å². The maximum atomic E-state index is 14.0. The van der Waals surface area contributed by atoms with E-state index < -0.39 is 17.6 Å². The number of fused-ring (bicyclic) bond motifs is 2. The molecule has 2 aliphatic rings. The van der Waals surface area contributed by atoms with Gasteiger partial charge >= 0.3 is 6.18 Å². The highest BCUT2D eigenvalue weighted by Gasteiger charge is 2.45. The molecule has 1 fully saturated rings. The van der Waals surface area contributed by atoms with Gasteiger partial charge in [0.1, 0.15) is 11.6 Å². The van der Waals surface area contributed by atoms with Crippen LogP contribution in [0.2, 0.25) is 5.02 Å². The first-order valence-corrected chi connectivity index (χ1v) is 10.6. The van der Waals surface area contributed by atoms with Crippen LogP contribution in [0, 0.1) is 17.7 Å². The number of halogens is 5. The van der Waals surface area contributed by atoms with E-state index in [2.05, 4.69) is 5.32 Å². The second kappa shape index (κ2) is 8.01. The number of carbonyl (C=O) groups is 1. The first kappa shape index (κ1) is 21.9. The van der Waals surface area contributed by atoms with Gasteiger partial charge in [-0.15, -0.1) is 0 Å². The van der Waals surface area contributed by atoms with Gasteiger partial charge in [-0.3, -0.25) is 4.79 Å². The van der Waals surface area contributed by atoms with Crippen molar-refractivity contribution in [1.82, 2.24) is 0 Å². The Bertz CT molecular complexity index is 1000. The van der Waals surface area contributed by atoms with E-state index in [1.807, 2.05) is 6.92 Å². The van der Waals surface area contributed by atoms with Crippen LogP contribution in [0.4, 0.5) is 23.2 Å². The van der Waals surface area contributed by atoms with Gasteiger partial charge in [0.15, 0.2) is 0 Å². The standard InChI is InChI=1S/C23H22ClF4NO2/c1-13(21(30)29-19-5-3-16(24)11-18(19)25)14-6-8-22(9-7-14)12-31-20-10-15(23(26,27)28)2-4-17(20)22/h2-5,10-11,13-14H,6-9,12H2,1H3,(H,29,30). The number of benzene rings is 2. The normalized spacial score (nSPS) is 23.9. The van der Waals surface area contributed by atoms with E-state index in [1.165, 1.54) is 18.2 Å². The van der Waals surface area contributed by atoms with E-state index in [1.54, 1.807) is 0 Å². The average Bonchev–Trinajstić information content (AvgIpc) is 3.07. The Labute approximate surface area is 182 Å². The van der Waals surface area contributed by atoms with E-state index in [0.29, 0.717) is 12.4 Å². The minimum atomic E-state index is -4.40. The fourth-order valence-corrected chi connectivity index (χ4v) is 4.87. The lowest BCUT2D eigenvalue weighted by Gasteiger charge is -2.38. The smallest absolute Gasteiger partial charge is 0.416 e. The fourth-order valence-electron chi connectivity index (χ4n) is 4.71. The molecule has 2 aromatic rings. The van der Waals surface area contributed by atoms with Gasteiger partial charge in [-0.1, -0.05) is 24.6 Å². The van der Waals surface area contributed by atoms with Gasteiger partial charge in [-0.05, 0) is 61.9 Å². The molecular weight excluding hydrogens is 434 g/mol. The SMILES string of the molecule is CC(C(=O)Nc1ccc(Cl)cc1F)C1CCC2(CC1)COc1cc(C(F)(F)F)ccc12. The summed E-state index contributed by atoms with van der Waals surface area (Å²) in [6.45, 7) is 2.17. The first-order valence-electron chi connectivity index (χ1n) is 10.2. The first-order chi connectivity index (χ1) is 14.6. The quantitative estimate of drug-likeness (QED) is 0.530. The second-order valence-electron chi connectivity index (χ2n) is 8.52. The molecule has 0 bridgehead atoms. The number of anilines is 1. The molecule has 1 atom stereocenters. The summed E-state index contributed by atoms with van der Waals surface area (Å²) in [5, 5.41) is 2.88. The highest BCUT2D eigenvalue weighted by Crippen LogP contribution is 2.51. The highest BCUT2D eigenvalue weighted by atomic mass is 35.5. The summed E-state index contributed by atoms with van der Waals surface area (Å²) in [4.78, 5) is 12.6. The monoisotopic (exact) mass is 455 g/mol. The van der Waals surface area contributed by atoms with E-state index in [-0.39, 0.29) is 33.9 Å². The molecule has 1 aliphatic carbocycles. The number of hydrogen-bond donors (Lipinski definition) is 1. The van der Waals surface area contributed by atoms with Gasteiger partial charge in [0.2, 0.25) is 5.91 Å². The summed E-state index contributed by atoms with van der Waals surface area (Å²) in [5.41, 5.74) is -0.114. The summed E-state index contributed by atoms with van der Waals surface area (Å²) >= 11 is 5.75. The third kappa shape index (κ3) is 4.25. The number of ether oxygens (including phenoxy) is 1. The molecule has 166 valence electrons. The maximum absolute atomic E-state index is 14.0. The number of rotatable bonds is 3. The molecule has 1 N–H and O–H groups in total. The molecule has 8 heteroatoms. The number of amides is 1. The largest absolute Gasteiger partial charge is 0.492 e. The molecule has 0 saturated heterocycles. The van der Waals surface area contributed by atoms with Crippen LogP contribution in [-0.4, -0.2) is 12.5 Å². The van der Waals surface area contributed by atoms with E-state index in [4.69, 9.17) is 16.3 Å². The van der Waals surface area contributed by atoms with Crippen molar-refractivity contribution in [2.45, 2.75) is 44.2 Å². The minimum Gasteiger partial charge on any atom is -0.492 e. The van der Waals surface area contributed by atoms with Gasteiger partial charge in [0.25, 0.3) is 0 Å². The van der Waals surface area contributed by atoms with Gasteiger partial charge in [0.05, 0.1) is 17.9 Å². The Hall–Kier alpha value is -2.28. The lowest BCUT2D eigenvalue weighted by molar-refractivity contribution is -0.137. The van der Waals surface area contributed by atoms with E-state index in [9.17, 15) is 22.4 Å². The summed E-state index contributed by atoms with van der Waals surface area (Å²) in [6, 6.07) is 7.81. The second-order valence-corrected chi connectivity index (χ2v) is 8.95. The van der Waals surface area contributed by atoms with Crippen molar-refractivity contribution in [3.05, 3.63) is 58.4 Å². The van der Waals surface area contributed by atoms with E-state index >= 15 is 0 Å². The van der Waals surface area contributed by atoms with Crippen LogP contribution in [0.25, 0.3) is 0 Å². The molecule has 2 aromatic carbocycles. The number of carbonyl (C=O) groups excluding carboxylic acids is 1. The Balaban J connectivity index is 1.42. The Kier molecular flexibility index (Phi) is 5.66. The molecule has 1 amide bonds. The highest BCUT2D eigenvalue weighted by molar-refractivity contribution is 6.30. The van der Waals surface area contributed by atoms with Gasteiger partial charge < -0.3 is 10.1 Å². The molecule has 1 unspecified atom stereocenters. The predicted octanol–water partition coefficient (Wildman–Crippen LogP) is 6.59. The molecule has 0 radical (unpaired) electrons. The van der Waals surface area contributed by atoms with Crippen molar-refractivity contribution in [1.29, 1.82) is 0 Å². The van der Waals surface area contributed by atoms with E-state index in [0.717, 1.165) is 49.4 Å². The Morgan fingerprint density at radius 1 is 1.19 bits per heavy atom. The number of nitrogens with one attached hydrogen (secondary N) is 1. The topological polar surface area (TPSA) is 38.3 Å². The van der Waals surface area contributed by atoms with Crippen LogP contribution >= 0.6 is 11.6 Å². The summed E-state index contributed by atoms with van der Waals surface area (Å²) in [7, 11) is 0. The van der Waals surface area contributed by atoms with Crippen LogP contribution in [0.5, 0.6) is 5.75 Å². The molecule has 1 saturated carbocycles. The van der Waals surface area contributed by atoms with Crippen molar-refractivity contribution in [3.63, 3.8) is 0 Å². The maximum Gasteiger partial charge on any atom is 0.416 e. The molecule has 0 aromatic heterocycles. The van der Waals surface area contributed by atoms with Crippen molar-refractivity contribution < 1.29 is 27.1 Å². The predicted molar refractivity (Wildman–Crippen MR) is 110 cm³/mol. The average molecular weight is 456 g/mol. The zero-order valence-corrected chi connectivity index (χ0v) is 17.6. The third-order valence-corrected chi connectivity index (χ3v) is 6.92. The zero-order chi connectivity index (χ0) is 22.4. The van der Waals surface area contributed by atoms with Crippen LogP contribution in [0.3, 0.4) is 0 Å². The van der Waals surface area contributed by atoms with Gasteiger partial charge in [-0.25, -0.2) is 4.39 Å². The molecule has 31 heavy (non-hydrogen) atoms. The van der Waals surface area contributed by atoms with Gasteiger partial charge in [0, 0.05) is 21.9 Å². The fraction of sp³-hybridized carbons (Fsp3) is 0.435. The molecule has 4 rings (SSSR count). The van der Waals surface area contributed by atoms with Crippen LogP contribution in [-0.2, 0) is 16.4 Å². The number of alkyl halides is 3. The van der Waals surface area contributed by atoms with Crippen molar-refractivity contribution in [2.75, 3.05) is 11.9 Å². The summed E-state index contributed by atoms with van der Waals surface area (Å²) < 4.78 is 58.6. The van der Waals surface area contributed by atoms with Crippen molar-refractivity contribution in [3.8, 4) is 5.75 Å². The molecule has 3 nitrogen and oxygen atoms in total. The lowest BCUT2D eigenvalue weighted by Crippen LogP contribution is -2.37. The summed E-state index contributed by atoms with van der Waals surface area (Å²) in [6.07, 6.45) is -1.48. The van der Waals surface area contributed by atoms with Crippen LogP contribution in [0.1, 0.15) is 43.7 Å². The summed E-state index contributed by atoms with van der Waals surface area (Å²) in [5.74, 6) is -0.785. The number of hydrogen-bond acceptors (Lipinski definition) is 2. The molecule has 1 heterocycles. The Morgan fingerprint density at radius 2 is 1.90 bits per heavy atom. The zero-order valence-electron chi connectivity index (χ0n) is 16.9. The third-order valence-electron chi connectivity index (χ3n) is 6.68. The molecular formula is C23H22ClF4NO2. The van der Waals surface area contributed by atoms with Crippen LogP contribution in [0.15, 0.2) is 36.4 Å². The Morgan fingerprint density at radius 3 is 2.55 bits per heavy atom. The van der Waals surface area contributed by atoms with Crippen molar-refractivity contribution in [2.24, 2.45) is 11.8 Å². The minimum absolute atomic E-state index is 0.0899.